The fourth-order valence-corrected chi connectivity index (χ4v) is 3.85. The van der Waals surface area contributed by atoms with E-state index in [-0.39, 0.29) is 11.9 Å². The molecule has 0 bridgehead atoms. The Kier molecular flexibility index (Phi) is 5.74. The second-order valence-electron chi connectivity index (χ2n) is 7.79. The Hall–Kier alpha value is -2.57. The van der Waals surface area contributed by atoms with Gasteiger partial charge in [0.15, 0.2) is 0 Å². The summed E-state index contributed by atoms with van der Waals surface area (Å²) in [5, 5.41) is 4.10. The van der Waals surface area contributed by atoms with Gasteiger partial charge in [0.25, 0.3) is 0 Å². The Bertz CT molecular complexity index is 998. The molecule has 3 heterocycles. The highest BCUT2D eigenvalue weighted by Crippen LogP contribution is 2.26. The second-order valence-corrected chi connectivity index (χ2v) is 7.79. The van der Waals surface area contributed by atoms with Gasteiger partial charge in [-0.3, -0.25) is 9.69 Å². The van der Waals surface area contributed by atoms with E-state index in [0.29, 0.717) is 26.2 Å². The number of nitrogens with one attached hydrogen (secondary N) is 1. The van der Waals surface area contributed by atoms with Crippen molar-refractivity contribution in [3.05, 3.63) is 58.7 Å². The van der Waals surface area contributed by atoms with E-state index in [0.717, 1.165) is 41.1 Å². The quantitative estimate of drug-likeness (QED) is 0.688. The number of carbonyl (C=O) groups excluding carboxylic acids is 1. The summed E-state index contributed by atoms with van der Waals surface area (Å²) in [5.74, 6) is 1.73. The van der Waals surface area contributed by atoms with Gasteiger partial charge in [-0.05, 0) is 56.2 Å². The van der Waals surface area contributed by atoms with Crippen molar-refractivity contribution in [3.8, 4) is 0 Å². The number of rotatable bonds is 6. The molecule has 1 saturated heterocycles. The van der Waals surface area contributed by atoms with Gasteiger partial charge in [-0.15, -0.1) is 0 Å². The molecule has 1 fully saturated rings. The standard InChI is InChI=1S/C23H28N2O4/c1-15-10-19-18(14-28-22(19)11-16(15)2)12-23(26)24-13-20(21-5-4-17(3)29-21)25-6-8-27-9-7-25/h4-5,10-11,14,20H,6-9,12-13H2,1-3H3,(H,24,26). The van der Waals surface area contributed by atoms with E-state index < -0.39 is 0 Å². The average molecular weight is 396 g/mol. The molecule has 4 rings (SSSR count). The second kappa shape index (κ2) is 8.43. The van der Waals surface area contributed by atoms with Crippen molar-refractivity contribution in [2.75, 3.05) is 32.8 Å². The molecule has 1 amide bonds. The number of carbonyl (C=O) groups is 1. The number of hydrogen-bond acceptors (Lipinski definition) is 5. The number of aryl methyl sites for hydroxylation is 3. The third-order valence-electron chi connectivity index (χ3n) is 5.69. The lowest BCUT2D eigenvalue weighted by atomic mass is 10.0. The highest BCUT2D eigenvalue weighted by atomic mass is 16.5. The van der Waals surface area contributed by atoms with Crippen molar-refractivity contribution in [1.29, 1.82) is 0 Å². The summed E-state index contributed by atoms with van der Waals surface area (Å²) in [6.45, 7) is 9.62. The van der Waals surface area contributed by atoms with Crippen molar-refractivity contribution < 1.29 is 18.4 Å². The lowest BCUT2D eigenvalue weighted by Gasteiger charge is -2.33. The van der Waals surface area contributed by atoms with Gasteiger partial charge in [0.1, 0.15) is 17.1 Å². The number of fused-ring (bicyclic) bond motifs is 1. The molecule has 1 aromatic carbocycles. The first-order valence-electron chi connectivity index (χ1n) is 10.1. The number of furan rings is 2. The number of morpholine rings is 1. The lowest BCUT2D eigenvalue weighted by Crippen LogP contribution is -2.43. The van der Waals surface area contributed by atoms with Crippen molar-refractivity contribution >= 4 is 16.9 Å². The van der Waals surface area contributed by atoms with Crippen molar-refractivity contribution in [1.82, 2.24) is 10.2 Å². The minimum atomic E-state index is -0.0209. The van der Waals surface area contributed by atoms with E-state index in [4.69, 9.17) is 13.6 Å². The molecular weight excluding hydrogens is 368 g/mol. The predicted octanol–water partition coefficient (Wildman–Crippen LogP) is 3.68. The zero-order valence-electron chi connectivity index (χ0n) is 17.3. The van der Waals surface area contributed by atoms with E-state index in [1.54, 1.807) is 6.26 Å². The van der Waals surface area contributed by atoms with Crippen LogP contribution in [0.2, 0.25) is 0 Å². The van der Waals surface area contributed by atoms with Gasteiger partial charge < -0.3 is 18.9 Å². The molecule has 6 nitrogen and oxygen atoms in total. The highest BCUT2D eigenvalue weighted by molar-refractivity contribution is 5.88. The van der Waals surface area contributed by atoms with Crippen LogP contribution in [0.15, 0.2) is 39.4 Å². The third kappa shape index (κ3) is 4.38. The molecule has 6 heteroatoms. The lowest BCUT2D eigenvalue weighted by molar-refractivity contribution is -0.120. The first-order chi connectivity index (χ1) is 14.0. The maximum Gasteiger partial charge on any atom is 0.224 e. The Morgan fingerprint density at radius 2 is 1.90 bits per heavy atom. The molecule has 154 valence electrons. The van der Waals surface area contributed by atoms with E-state index in [2.05, 4.69) is 30.1 Å². The van der Waals surface area contributed by atoms with Crippen molar-refractivity contribution in [2.45, 2.75) is 33.2 Å². The third-order valence-corrected chi connectivity index (χ3v) is 5.69. The number of hydrogen-bond donors (Lipinski definition) is 1. The molecule has 0 saturated carbocycles. The van der Waals surface area contributed by atoms with E-state index in [1.807, 2.05) is 25.1 Å². The maximum atomic E-state index is 12.7. The first kappa shape index (κ1) is 19.7. The van der Waals surface area contributed by atoms with Crippen LogP contribution >= 0.6 is 0 Å². The van der Waals surface area contributed by atoms with Crippen LogP contribution in [0.3, 0.4) is 0 Å². The molecule has 0 radical (unpaired) electrons. The minimum Gasteiger partial charge on any atom is -0.465 e. The Morgan fingerprint density at radius 1 is 1.14 bits per heavy atom. The molecule has 0 spiro atoms. The number of benzene rings is 1. The van der Waals surface area contributed by atoms with E-state index in [1.165, 1.54) is 11.1 Å². The molecule has 1 unspecified atom stereocenters. The van der Waals surface area contributed by atoms with Gasteiger partial charge in [0.2, 0.25) is 5.91 Å². The van der Waals surface area contributed by atoms with Gasteiger partial charge in [-0.1, -0.05) is 0 Å². The normalized spacial score (nSPS) is 16.2. The molecule has 3 aromatic rings. The fourth-order valence-electron chi connectivity index (χ4n) is 3.85. The Labute approximate surface area is 170 Å². The van der Waals surface area contributed by atoms with Crippen LogP contribution in [0.4, 0.5) is 0 Å². The smallest absolute Gasteiger partial charge is 0.224 e. The molecule has 1 aliphatic heterocycles. The van der Waals surface area contributed by atoms with Gasteiger partial charge in [0, 0.05) is 30.6 Å². The zero-order valence-corrected chi connectivity index (χ0v) is 17.3. The van der Waals surface area contributed by atoms with E-state index >= 15 is 0 Å². The van der Waals surface area contributed by atoms with Crippen LogP contribution in [0.1, 0.15) is 34.3 Å². The summed E-state index contributed by atoms with van der Waals surface area (Å²) in [6, 6.07) is 8.09. The zero-order chi connectivity index (χ0) is 20.4. The number of ether oxygens (including phenoxy) is 1. The summed E-state index contributed by atoms with van der Waals surface area (Å²) in [4.78, 5) is 15.0. The van der Waals surface area contributed by atoms with Crippen molar-refractivity contribution in [3.63, 3.8) is 0 Å². The summed E-state index contributed by atoms with van der Waals surface area (Å²) in [7, 11) is 0. The largest absolute Gasteiger partial charge is 0.465 e. The highest BCUT2D eigenvalue weighted by Gasteiger charge is 2.26. The molecule has 29 heavy (non-hydrogen) atoms. The number of nitrogens with zero attached hydrogens (tertiary/aromatic N) is 1. The summed E-state index contributed by atoms with van der Waals surface area (Å²) in [5.41, 5.74) is 4.12. The minimum absolute atomic E-state index is 0.00235. The van der Waals surface area contributed by atoms with Gasteiger partial charge in [0.05, 0.1) is 31.9 Å². The van der Waals surface area contributed by atoms with Crippen LogP contribution < -0.4 is 5.32 Å². The van der Waals surface area contributed by atoms with Gasteiger partial charge in [-0.2, -0.15) is 0 Å². The molecule has 1 atom stereocenters. The summed E-state index contributed by atoms with van der Waals surface area (Å²) < 4.78 is 17.0. The topological polar surface area (TPSA) is 67.9 Å². The first-order valence-corrected chi connectivity index (χ1v) is 10.1. The number of amides is 1. The predicted molar refractivity (Wildman–Crippen MR) is 111 cm³/mol. The molecule has 2 aromatic heterocycles. The van der Waals surface area contributed by atoms with Crippen LogP contribution in [0.25, 0.3) is 11.0 Å². The molecule has 0 aliphatic carbocycles. The maximum absolute atomic E-state index is 12.7. The van der Waals surface area contributed by atoms with Crippen LogP contribution in [0, 0.1) is 20.8 Å². The van der Waals surface area contributed by atoms with Crippen molar-refractivity contribution in [2.24, 2.45) is 0 Å². The molecular formula is C23H28N2O4. The summed E-state index contributed by atoms with van der Waals surface area (Å²) >= 11 is 0. The average Bonchev–Trinajstić information content (AvgIpc) is 3.30. The fraction of sp³-hybridized carbons (Fsp3) is 0.435. The van der Waals surface area contributed by atoms with Gasteiger partial charge >= 0.3 is 0 Å². The summed E-state index contributed by atoms with van der Waals surface area (Å²) in [6.07, 6.45) is 1.99. The van der Waals surface area contributed by atoms with Crippen LogP contribution in [0.5, 0.6) is 0 Å². The monoisotopic (exact) mass is 396 g/mol. The van der Waals surface area contributed by atoms with E-state index in [9.17, 15) is 4.79 Å². The Morgan fingerprint density at radius 3 is 2.62 bits per heavy atom. The molecule has 1 N–H and O–H groups in total. The molecule has 1 aliphatic rings. The SMILES string of the molecule is Cc1ccc(C(CNC(=O)Cc2coc3cc(C)c(C)cc23)N2CCOCC2)o1. The Balaban J connectivity index is 1.45. The van der Waals surface area contributed by atoms with Crippen LogP contribution in [-0.4, -0.2) is 43.7 Å². The van der Waals surface area contributed by atoms with Crippen LogP contribution in [-0.2, 0) is 16.0 Å². The van der Waals surface area contributed by atoms with Gasteiger partial charge in [-0.25, -0.2) is 0 Å².